The van der Waals surface area contributed by atoms with E-state index in [2.05, 4.69) is 4.98 Å². The number of pyridine rings is 1. The molecular weight excluding hydrogens is 276 g/mol. The molecule has 94 valence electrons. The Morgan fingerprint density at radius 3 is 1.94 bits per heavy atom. The van der Waals surface area contributed by atoms with E-state index in [-0.39, 0.29) is 6.07 Å². The fourth-order valence-electron chi connectivity index (χ4n) is 0.992. The van der Waals surface area contributed by atoms with Gasteiger partial charge in [0.1, 0.15) is 5.69 Å². The Kier molecular flexibility index (Phi) is 3.37. The molecule has 2 nitrogen and oxygen atoms in total. The summed E-state index contributed by atoms with van der Waals surface area (Å²) in [5.74, 6) is 0. The van der Waals surface area contributed by atoms with Gasteiger partial charge in [-0.15, -0.1) is 0 Å². The molecule has 0 amide bonds. The Bertz CT molecular complexity index is 452. The van der Waals surface area contributed by atoms with Crippen LogP contribution in [0.2, 0.25) is 0 Å². The first-order chi connectivity index (χ1) is 7.53. The molecule has 0 bridgehead atoms. The normalized spacial score (nSPS) is 12.6. The van der Waals surface area contributed by atoms with Gasteiger partial charge in [-0.05, 0) is 23.7 Å². The second-order valence-electron chi connectivity index (χ2n) is 2.86. The molecule has 0 unspecified atom stereocenters. The number of carbonyl (C=O) groups excluding carboxylic acids is 1. The molecule has 0 saturated carbocycles. The zero-order valence-corrected chi connectivity index (χ0v) is 8.41. The monoisotopic (exact) mass is 277 g/mol. The van der Waals surface area contributed by atoms with E-state index < -0.39 is 34.5 Å². The van der Waals surface area contributed by atoms with Crippen LogP contribution in [-0.2, 0) is 12.4 Å². The molecule has 0 atom stereocenters. The highest BCUT2D eigenvalue weighted by atomic mass is 35.5. The Morgan fingerprint density at radius 1 is 1.06 bits per heavy atom. The number of alkyl halides is 6. The van der Waals surface area contributed by atoms with Crippen LogP contribution in [0.15, 0.2) is 12.1 Å². The minimum Gasteiger partial charge on any atom is -0.276 e. The fraction of sp³-hybridized carbons (Fsp3) is 0.250. The maximum Gasteiger partial charge on any atom is 0.434 e. The van der Waals surface area contributed by atoms with Gasteiger partial charge >= 0.3 is 12.4 Å². The first-order valence-electron chi connectivity index (χ1n) is 3.88. The summed E-state index contributed by atoms with van der Waals surface area (Å²) in [6, 6.07) is 0.596. The van der Waals surface area contributed by atoms with E-state index in [9.17, 15) is 31.1 Å². The van der Waals surface area contributed by atoms with Crippen LogP contribution in [0, 0.1) is 0 Å². The molecule has 0 saturated heterocycles. The Balaban J connectivity index is 3.46. The van der Waals surface area contributed by atoms with Crippen molar-refractivity contribution in [2.75, 3.05) is 0 Å². The number of rotatable bonds is 1. The van der Waals surface area contributed by atoms with Gasteiger partial charge < -0.3 is 0 Å². The number of halogens is 7. The second kappa shape index (κ2) is 4.17. The molecule has 1 rings (SSSR count). The summed E-state index contributed by atoms with van der Waals surface area (Å²) < 4.78 is 73.4. The molecule has 0 aliphatic heterocycles. The maximum atomic E-state index is 12.3. The van der Waals surface area contributed by atoms with E-state index in [1.807, 2.05) is 0 Å². The van der Waals surface area contributed by atoms with Gasteiger partial charge in [-0.2, -0.15) is 26.3 Å². The van der Waals surface area contributed by atoms with E-state index in [1.165, 1.54) is 0 Å². The molecule has 0 aliphatic carbocycles. The van der Waals surface area contributed by atoms with Crippen LogP contribution in [0.5, 0.6) is 0 Å². The molecule has 1 aromatic rings. The van der Waals surface area contributed by atoms with Crippen molar-refractivity contribution in [2.24, 2.45) is 0 Å². The van der Waals surface area contributed by atoms with Gasteiger partial charge in [-0.25, -0.2) is 4.98 Å². The Hall–Kier alpha value is -1.31. The highest BCUT2D eigenvalue weighted by molar-refractivity contribution is 6.67. The average Bonchev–Trinajstić information content (AvgIpc) is 2.14. The summed E-state index contributed by atoms with van der Waals surface area (Å²) >= 11 is 4.82. The largest absolute Gasteiger partial charge is 0.434 e. The van der Waals surface area contributed by atoms with Crippen molar-refractivity contribution in [1.29, 1.82) is 0 Å². The van der Waals surface area contributed by atoms with E-state index in [1.54, 1.807) is 0 Å². The van der Waals surface area contributed by atoms with Crippen LogP contribution in [0.3, 0.4) is 0 Å². The SMILES string of the molecule is O=C(Cl)c1ccc(C(F)(F)F)nc1C(F)(F)F. The third kappa shape index (κ3) is 3.09. The van der Waals surface area contributed by atoms with Crippen molar-refractivity contribution in [1.82, 2.24) is 4.98 Å². The van der Waals surface area contributed by atoms with Crippen molar-refractivity contribution in [3.63, 3.8) is 0 Å². The quantitative estimate of drug-likeness (QED) is 0.581. The minimum atomic E-state index is -5.19. The molecule has 0 radical (unpaired) electrons. The Labute approximate surface area is 95.2 Å². The lowest BCUT2D eigenvalue weighted by Crippen LogP contribution is -2.18. The predicted molar refractivity (Wildman–Crippen MR) is 44.4 cm³/mol. The molecule has 0 spiro atoms. The third-order valence-corrected chi connectivity index (χ3v) is 1.87. The van der Waals surface area contributed by atoms with Crippen LogP contribution < -0.4 is 0 Å². The molecule has 17 heavy (non-hydrogen) atoms. The Morgan fingerprint density at radius 2 is 1.59 bits per heavy atom. The number of hydrogen-bond donors (Lipinski definition) is 0. The molecule has 1 heterocycles. The topological polar surface area (TPSA) is 30.0 Å². The number of aromatic nitrogens is 1. The third-order valence-electron chi connectivity index (χ3n) is 1.67. The maximum absolute atomic E-state index is 12.3. The van der Waals surface area contributed by atoms with Crippen molar-refractivity contribution < 1.29 is 31.1 Å². The summed E-state index contributed by atoms with van der Waals surface area (Å²) in [7, 11) is 0. The fourth-order valence-corrected chi connectivity index (χ4v) is 1.14. The summed E-state index contributed by atoms with van der Waals surface area (Å²) in [4.78, 5) is 13.0. The molecule has 0 aromatic carbocycles. The molecule has 0 aliphatic rings. The molecule has 9 heteroatoms. The lowest BCUT2D eigenvalue weighted by molar-refractivity contribution is -0.150. The van der Waals surface area contributed by atoms with E-state index in [0.717, 1.165) is 0 Å². The average molecular weight is 278 g/mol. The van der Waals surface area contributed by atoms with Crippen molar-refractivity contribution in [3.05, 3.63) is 29.1 Å². The number of hydrogen-bond acceptors (Lipinski definition) is 2. The van der Waals surface area contributed by atoms with Crippen LogP contribution >= 0.6 is 11.6 Å². The van der Waals surface area contributed by atoms with Gasteiger partial charge in [0.05, 0.1) is 5.56 Å². The number of carbonyl (C=O) groups is 1. The van der Waals surface area contributed by atoms with Gasteiger partial charge in [-0.1, -0.05) is 0 Å². The van der Waals surface area contributed by atoms with E-state index in [4.69, 9.17) is 11.6 Å². The summed E-state index contributed by atoms with van der Waals surface area (Å²) in [6.45, 7) is 0. The van der Waals surface area contributed by atoms with E-state index in [0.29, 0.717) is 6.07 Å². The summed E-state index contributed by atoms with van der Waals surface area (Å²) in [6.07, 6.45) is -10.2. The first-order valence-corrected chi connectivity index (χ1v) is 4.26. The van der Waals surface area contributed by atoms with Crippen molar-refractivity contribution in [2.45, 2.75) is 12.4 Å². The number of nitrogens with zero attached hydrogens (tertiary/aromatic N) is 1. The molecule has 1 aromatic heterocycles. The van der Waals surface area contributed by atoms with Gasteiger partial charge in [0.15, 0.2) is 5.69 Å². The minimum absolute atomic E-state index is 0.255. The van der Waals surface area contributed by atoms with Crippen LogP contribution in [-0.4, -0.2) is 10.2 Å². The molecular formula is C8H2ClF6NO. The van der Waals surface area contributed by atoms with Crippen molar-refractivity contribution >= 4 is 16.8 Å². The van der Waals surface area contributed by atoms with Crippen LogP contribution in [0.25, 0.3) is 0 Å². The van der Waals surface area contributed by atoms with Gasteiger partial charge in [0.25, 0.3) is 5.24 Å². The predicted octanol–water partition coefficient (Wildman–Crippen LogP) is 3.50. The van der Waals surface area contributed by atoms with Crippen molar-refractivity contribution in [3.8, 4) is 0 Å². The van der Waals surface area contributed by atoms with Crippen LogP contribution in [0.1, 0.15) is 21.7 Å². The summed E-state index contributed by atoms with van der Waals surface area (Å²) in [5, 5.41) is -1.53. The van der Waals surface area contributed by atoms with Gasteiger partial charge in [-0.3, -0.25) is 4.79 Å². The second-order valence-corrected chi connectivity index (χ2v) is 3.21. The summed E-state index contributed by atoms with van der Waals surface area (Å²) in [5.41, 5.74) is -4.81. The molecule has 0 fully saturated rings. The first kappa shape index (κ1) is 13.8. The highest BCUT2D eigenvalue weighted by Gasteiger charge is 2.41. The van der Waals surface area contributed by atoms with Gasteiger partial charge in [0, 0.05) is 0 Å². The molecule has 0 N–H and O–H groups in total. The van der Waals surface area contributed by atoms with E-state index >= 15 is 0 Å². The zero-order chi connectivity index (χ0) is 13.4. The standard InChI is InChI=1S/C8H2ClF6NO/c9-6(17)3-1-2-4(7(10,11)12)16-5(3)8(13,14)15/h1-2H. The lowest BCUT2D eigenvalue weighted by atomic mass is 10.2. The highest BCUT2D eigenvalue weighted by Crippen LogP contribution is 2.35. The zero-order valence-electron chi connectivity index (χ0n) is 7.66. The van der Waals surface area contributed by atoms with Crippen LogP contribution in [0.4, 0.5) is 26.3 Å². The lowest BCUT2D eigenvalue weighted by Gasteiger charge is -2.12. The smallest absolute Gasteiger partial charge is 0.276 e. The van der Waals surface area contributed by atoms with Gasteiger partial charge in [0.2, 0.25) is 0 Å².